The highest BCUT2D eigenvalue weighted by atomic mass is 16.5. The summed E-state index contributed by atoms with van der Waals surface area (Å²) in [6, 6.07) is 11.2. The van der Waals surface area contributed by atoms with E-state index in [2.05, 4.69) is 10.3 Å². The van der Waals surface area contributed by atoms with E-state index >= 15 is 0 Å². The molecule has 1 amide bonds. The van der Waals surface area contributed by atoms with E-state index in [4.69, 9.17) is 4.74 Å². The topological polar surface area (TPSA) is 54.5 Å². The highest BCUT2D eigenvalue weighted by Gasteiger charge is 2.05. The van der Waals surface area contributed by atoms with Crippen molar-refractivity contribution in [2.24, 2.45) is 0 Å². The first-order valence-electron chi connectivity index (χ1n) is 6.64. The molecule has 0 aliphatic carbocycles. The van der Waals surface area contributed by atoms with Crippen LogP contribution in [0.1, 0.15) is 5.56 Å². The number of nitrogens with one attached hydrogen (secondary N) is 1. The van der Waals surface area contributed by atoms with Gasteiger partial charge in [-0.05, 0) is 29.8 Å². The van der Waals surface area contributed by atoms with Crippen LogP contribution < -0.4 is 15.0 Å². The first-order valence-corrected chi connectivity index (χ1v) is 6.64. The average Bonchev–Trinajstić information content (AvgIpc) is 2.48. The van der Waals surface area contributed by atoms with Gasteiger partial charge in [-0.3, -0.25) is 4.79 Å². The second-order valence-electron chi connectivity index (χ2n) is 4.87. The molecule has 1 N–H and O–H groups in total. The number of aromatic nitrogens is 1. The number of carbonyl (C=O) groups is 1. The van der Waals surface area contributed by atoms with Gasteiger partial charge in [-0.1, -0.05) is 12.1 Å². The second-order valence-corrected chi connectivity index (χ2v) is 4.87. The van der Waals surface area contributed by atoms with Gasteiger partial charge >= 0.3 is 0 Å². The van der Waals surface area contributed by atoms with Gasteiger partial charge in [-0.2, -0.15) is 0 Å². The smallest absolute Gasteiger partial charge is 0.228 e. The van der Waals surface area contributed by atoms with Crippen LogP contribution >= 0.6 is 0 Å². The molecule has 2 aromatic rings. The summed E-state index contributed by atoms with van der Waals surface area (Å²) in [4.78, 5) is 18.1. The number of rotatable bonds is 5. The Labute approximate surface area is 124 Å². The standard InChI is InChI=1S/C16H19N3O2/c1-19(2)15-9-6-13(11-17-15)18-16(20)10-12-4-7-14(21-3)8-5-12/h4-9,11H,10H2,1-3H3,(H,18,20). The molecule has 2 rings (SSSR count). The average molecular weight is 285 g/mol. The van der Waals surface area contributed by atoms with Crippen LogP contribution in [0.2, 0.25) is 0 Å². The molecule has 1 aromatic heterocycles. The van der Waals surface area contributed by atoms with Gasteiger partial charge < -0.3 is 15.0 Å². The molecule has 0 bridgehead atoms. The Balaban J connectivity index is 1.94. The Kier molecular flexibility index (Phi) is 4.77. The van der Waals surface area contributed by atoms with Crippen molar-refractivity contribution in [2.45, 2.75) is 6.42 Å². The fourth-order valence-electron chi connectivity index (χ4n) is 1.86. The quantitative estimate of drug-likeness (QED) is 0.916. The lowest BCUT2D eigenvalue weighted by molar-refractivity contribution is -0.115. The number of ether oxygens (including phenoxy) is 1. The maximum absolute atomic E-state index is 12.0. The molecule has 0 unspecified atom stereocenters. The largest absolute Gasteiger partial charge is 0.497 e. The molecule has 110 valence electrons. The van der Waals surface area contributed by atoms with Gasteiger partial charge in [0.05, 0.1) is 25.4 Å². The first-order chi connectivity index (χ1) is 10.1. The minimum absolute atomic E-state index is 0.0698. The van der Waals surface area contributed by atoms with Crippen LogP contribution in [0.25, 0.3) is 0 Å². The predicted molar refractivity (Wildman–Crippen MR) is 83.9 cm³/mol. The van der Waals surface area contributed by atoms with Crippen molar-refractivity contribution in [3.8, 4) is 5.75 Å². The van der Waals surface area contributed by atoms with Crippen molar-refractivity contribution >= 4 is 17.4 Å². The summed E-state index contributed by atoms with van der Waals surface area (Å²) in [5, 5.41) is 2.83. The van der Waals surface area contributed by atoms with Gasteiger partial charge in [-0.25, -0.2) is 4.98 Å². The molecular formula is C16H19N3O2. The van der Waals surface area contributed by atoms with E-state index in [1.165, 1.54) is 0 Å². The van der Waals surface area contributed by atoms with Crippen molar-refractivity contribution in [1.29, 1.82) is 0 Å². The minimum atomic E-state index is -0.0698. The lowest BCUT2D eigenvalue weighted by atomic mass is 10.1. The lowest BCUT2D eigenvalue weighted by Crippen LogP contribution is -2.15. The summed E-state index contributed by atoms with van der Waals surface area (Å²) in [6.45, 7) is 0. The molecule has 0 saturated heterocycles. The number of pyridine rings is 1. The monoisotopic (exact) mass is 285 g/mol. The SMILES string of the molecule is COc1ccc(CC(=O)Nc2ccc(N(C)C)nc2)cc1. The molecule has 0 fully saturated rings. The van der Waals surface area contributed by atoms with Crippen molar-refractivity contribution in [1.82, 2.24) is 4.98 Å². The minimum Gasteiger partial charge on any atom is -0.497 e. The summed E-state index contributed by atoms with van der Waals surface area (Å²) in [6.07, 6.45) is 1.97. The van der Waals surface area contributed by atoms with Crippen LogP contribution in [0.3, 0.4) is 0 Å². The number of benzene rings is 1. The maximum atomic E-state index is 12.0. The summed E-state index contributed by atoms with van der Waals surface area (Å²) in [7, 11) is 5.46. The van der Waals surface area contributed by atoms with E-state index in [1.54, 1.807) is 13.3 Å². The molecule has 0 aliphatic rings. The Hall–Kier alpha value is -2.56. The third-order valence-electron chi connectivity index (χ3n) is 3.01. The van der Waals surface area contributed by atoms with Crippen molar-refractivity contribution in [2.75, 3.05) is 31.4 Å². The van der Waals surface area contributed by atoms with Gasteiger partial charge in [0.25, 0.3) is 0 Å². The molecule has 1 heterocycles. The Morgan fingerprint density at radius 2 is 1.90 bits per heavy atom. The number of amides is 1. The molecule has 21 heavy (non-hydrogen) atoms. The Morgan fingerprint density at radius 1 is 1.19 bits per heavy atom. The zero-order valence-corrected chi connectivity index (χ0v) is 12.5. The number of methoxy groups -OCH3 is 1. The molecule has 0 spiro atoms. The molecule has 5 nitrogen and oxygen atoms in total. The summed E-state index contributed by atoms with van der Waals surface area (Å²) in [5.74, 6) is 1.56. The first kappa shape index (κ1) is 14.8. The van der Waals surface area contributed by atoms with E-state index < -0.39 is 0 Å². The zero-order chi connectivity index (χ0) is 15.2. The summed E-state index contributed by atoms with van der Waals surface area (Å²) in [5.41, 5.74) is 1.63. The van der Waals surface area contributed by atoms with E-state index in [0.29, 0.717) is 12.1 Å². The van der Waals surface area contributed by atoms with Gasteiger partial charge in [-0.15, -0.1) is 0 Å². The lowest BCUT2D eigenvalue weighted by Gasteiger charge is -2.11. The third-order valence-corrected chi connectivity index (χ3v) is 3.01. The predicted octanol–water partition coefficient (Wildman–Crippen LogP) is 2.34. The van der Waals surface area contributed by atoms with Gasteiger partial charge in [0.1, 0.15) is 11.6 Å². The zero-order valence-electron chi connectivity index (χ0n) is 12.5. The molecule has 0 atom stereocenters. The van der Waals surface area contributed by atoms with Gasteiger partial charge in [0.2, 0.25) is 5.91 Å². The summed E-state index contributed by atoms with van der Waals surface area (Å²) >= 11 is 0. The number of hydrogen-bond donors (Lipinski definition) is 1. The van der Waals surface area contributed by atoms with Crippen LogP contribution in [0, 0.1) is 0 Å². The van der Waals surface area contributed by atoms with Crippen molar-refractivity contribution in [3.05, 3.63) is 48.2 Å². The van der Waals surface area contributed by atoms with Gasteiger partial charge in [0, 0.05) is 14.1 Å². The van der Waals surface area contributed by atoms with Gasteiger partial charge in [0.15, 0.2) is 0 Å². The second kappa shape index (κ2) is 6.74. The highest BCUT2D eigenvalue weighted by Crippen LogP contribution is 2.14. The van der Waals surface area contributed by atoms with E-state index in [9.17, 15) is 4.79 Å². The number of carbonyl (C=O) groups excluding carboxylic acids is 1. The number of nitrogens with zero attached hydrogens (tertiary/aromatic N) is 2. The molecule has 0 saturated carbocycles. The summed E-state index contributed by atoms with van der Waals surface area (Å²) < 4.78 is 5.09. The Morgan fingerprint density at radius 3 is 2.43 bits per heavy atom. The Bertz CT molecular complexity index is 592. The molecule has 5 heteroatoms. The van der Waals surface area contributed by atoms with Crippen LogP contribution in [-0.4, -0.2) is 32.1 Å². The van der Waals surface area contributed by atoms with E-state index in [0.717, 1.165) is 17.1 Å². The fourth-order valence-corrected chi connectivity index (χ4v) is 1.86. The van der Waals surface area contributed by atoms with Crippen molar-refractivity contribution < 1.29 is 9.53 Å². The van der Waals surface area contributed by atoms with Crippen LogP contribution in [-0.2, 0) is 11.2 Å². The maximum Gasteiger partial charge on any atom is 0.228 e. The van der Waals surface area contributed by atoms with Crippen LogP contribution in [0.15, 0.2) is 42.6 Å². The normalized spacial score (nSPS) is 10.0. The van der Waals surface area contributed by atoms with Crippen LogP contribution in [0.5, 0.6) is 5.75 Å². The fraction of sp³-hybridized carbons (Fsp3) is 0.250. The number of anilines is 2. The van der Waals surface area contributed by atoms with E-state index in [1.807, 2.05) is 55.4 Å². The van der Waals surface area contributed by atoms with Crippen molar-refractivity contribution in [3.63, 3.8) is 0 Å². The highest BCUT2D eigenvalue weighted by molar-refractivity contribution is 5.92. The van der Waals surface area contributed by atoms with Crippen LogP contribution in [0.4, 0.5) is 11.5 Å². The number of hydrogen-bond acceptors (Lipinski definition) is 4. The molecule has 0 radical (unpaired) electrons. The third kappa shape index (κ3) is 4.21. The molecular weight excluding hydrogens is 266 g/mol. The molecule has 0 aliphatic heterocycles. The van der Waals surface area contributed by atoms with E-state index in [-0.39, 0.29) is 5.91 Å². The molecule has 1 aromatic carbocycles.